The zero-order valence-corrected chi connectivity index (χ0v) is 5.24. The average molecular weight is 134 g/mol. The molecule has 3 heteroatoms. The van der Waals surface area contributed by atoms with E-state index in [0.29, 0.717) is 5.69 Å². The van der Waals surface area contributed by atoms with Crippen LogP contribution in [-0.2, 0) is 0 Å². The van der Waals surface area contributed by atoms with Crippen LogP contribution in [0.15, 0.2) is 30.6 Å². The molecular formula is C7H6N2O. The molecule has 1 N–H and O–H groups in total. The highest BCUT2D eigenvalue weighted by Gasteiger charge is 2.10. The second kappa shape index (κ2) is 1.73. The number of hydrogen-bond donors (Lipinski definition) is 1. The van der Waals surface area contributed by atoms with Gasteiger partial charge in [-0.1, -0.05) is 0 Å². The van der Waals surface area contributed by atoms with Crippen LogP contribution in [0.4, 0.5) is 0 Å². The van der Waals surface area contributed by atoms with Gasteiger partial charge in [-0.25, -0.2) is 0 Å². The largest absolute Gasteiger partial charge is 0.618 e. The number of H-pyrrole nitrogens is 1. The van der Waals surface area contributed by atoms with Crippen LogP contribution in [0.5, 0.6) is 0 Å². The predicted octanol–water partition coefficient (Wildman–Crippen LogP) is 0.753. The first-order chi connectivity index (χ1) is 4.88. The predicted molar refractivity (Wildman–Crippen MR) is 36.4 cm³/mol. The molecule has 0 bridgehead atoms. The third-order valence-electron chi connectivity index (χ3n) is 1.48. The zero-order valence-electron chi connectivity index (χ0n) is 5.24. The fraction of sp³-hybridized carbons (Fsp3) is 0. The Morgan fingerprint density at radius 2 is 2.30 bits per heavy atom. The number of nitrogens with zero attached hydrogens (tertiary/aromatic N) is 1. The molecule has 10 heavy (non-hydrogen) atoms. The molecule has 0 atom stereocenters. The summed E-state index contributed by atoms with van der Waals surface area (Å²) in [5, 5.41) is 10.9. The Balaban J connectivity index is 2.78. The van der Waals surface area contributed by atoms with Gasteiger partial charge < -0.3 is 10.2 Å². The van der Waals surface area contributed by atoms with Gasteiger partial charge in [0.2, 0.25) is 5.69 Å². The van der Waals surface area contributed by atoms with Crippen LogP contribution in [0.3, 0.4) is 0 Å². The van der Waals surface area contributed by atoms with Crippen LogP contribution >= 0.6 is 0 Å². The molecule has 0 saturated heterocycles. The minimum atomic E-state index is 0.683. The first-order valence-corrected chi connectivity index (χ1v) is 3.03. The maximum atomic E-state index is 10.9. The summed E-state index contributed by atoms with van der Waals surface area (Å²) in [4.78, 5) is 2.95. The first kappa shape index (κ1) is 5.29. The Kier molecular flexibility index (Phi) is 0.917. The topological polar surface area (TPSA) is 42.7 Å². The number of aromatic nitrogens is 2. The van der Waals surface area contributed by atoms with E-state index in [4.69, 9.17) is 0 Å². The Morgan fingerprint density at radius 1 is 1.40 bits per heavy atom. The van der Waals surface area contributed by atoms with E-state index in [1.165, 1.54) is 6.20 Å². The van der Waals surface area contributed by atoms with Crippen molar-refractivity contribution in [3.05, 3.63) is 35.8 Å². The average Bonchev–Trinajstić information content (AvgIpc) is 2.34. The Labute approximate surface area is 57.9 Å². The third kappa shape index (κ3) is 0.572. The molecule has 2 aliphatic rings. The molecular weight excluding hydrogens is 128 g/mol. The van der Waals surface area contributed by atoms with Crippen LogP contribution in [0.25, 0.3) is 11.4 Å². The van der Waals surface area contributed by atoms with Gasteiger partial charge in [-0.2, -0.15) is 4.73 Å². The zero-order chi connectivity index (χ0) is 6.97. The van der Waals surface area contributed by atoms with E-state index in [2.05, 4.69) is 4.98 Å². The number of nitrogens with one attached hydrogen (secondary N) is 1. The monoisotopic (exact) mass is 134 g/mol. The number of rotatable bonds is 0. The Hall–Kier alpha value is -1.51. The van der Waals surface area contributed by atoms with E-state index < -0.39 is 0 Å². The summed E-state index contributed by atoms with van der Waals surface area (Å²) < 4.78 is 0.839. The minimum absolute atomic E-state index is 0.683. The highest BCUT2D eigenvalue weighted by Crippen LogP contribution is 2.12. The fourth-order valence-corrected chi connectivity index (χ4v) is 0.989. The second-order valence-corrected chi connectivity index (χ2v) is 2.11. The summed E-state index contributed by atoms with van der Waals surface area (Å²) >= 11 is 0. The molecule has 2 aliphatic heterocycles. The molecule has 0 fully saturated rings. The molecule has 0 aromatic heterocycles. The Bertz CT molecular complexity index is 315. The number of fused-ring (bicyclic) bond motifs is 1. The van der Waals surface area contributed by atoms with E-state index >= 15 is 0 Å². The summed E-state index contributed by atoms with van der Waals surface area (Å²) in [7, 11) is 0. The van der Waals surface area contributed by atoms with Gasteiger partial charge in [-0.15, -0.1) is 0 Å². The summed E-state index contributed by atoms with van der Waals surface area (Å²) in [6.45, 7) is 0. The second-order valence-electron chi connectivity index (χ2n) is 2.11. The fourth-order valence-electron chi connectivity index (χ4n) is 0.989. The summed E-state index contributed by atoms with van der Waals surface area (Å²) in [5.74, 6) is 0. The first-order valence-electron chi connectivity index (χ1n) is 3.03. The molecule has 50 valence electrons. The lowest BCUT2D eigenvalue weighted by Gasteiger charge is -1.95. The summed E-state index contributed by atoms with van der Waals surface area (Å²) in [5.41, 5.74) is 1.56. The van der Waals surface area contributed by atoms with E-state index in [9.17, 15) is 5.21 Å². The quantitative estimate of drug-likeness (QED) is 0.419. The van der Waals surface area contributed by atoms with Crippen LogP contribution in [0.1, 0.15) is 0 Å². The minimum Gasteiger partial charge on any atom is -0.618 e. The lowest BCUT2D eigenvalue weighted by molar-refractivity contribution is -0.590. The maximum absolute atomic E-state index is 10.9. The summed E-state index contributed by atoms with van der Waals surface area (Å²) in [6.07, 6.45) is 3.28. The molecule has 3 nitrogen and oxygen atoms in total. The van der Waals surface area contributed by atoms with Gasteiger partial charge in [0.05, 0.1) is 0 Å². The SMILES string of the molecule is [O-][n+]1ccc2[nH]cccc1-2. The molecule has 0 spiro atoms. The van der Waals surface area contributed by atoms with Crippen LogP contribution in [0, 0.1) is 5.21 Å². The van der Waals surface area contributed by atoms with Crippen molar-refractivity contribution in [3.8, 4) is 11.4 Å². The molecule has 0 aromatic carbocycles. The Morgan fingerprint density at radius 3 is 3.10 bits per heavy atom. The van der Waals surface area contributed by atoms with Gasteiger partial charge in [0.25, 0.3) is 0 Å². The van der Waals surface area contributed by atoms with Crippen molar-refractivity contribution in [2.75, 3.05) is 0 Å². The third-order valence-corrected chi connectivity index (χ3v) is 1.48. The molecule has 0 aromatic rings. The van der Waals surface area contributed by atoms with Gasteiger partial charge in [0, 0.05) is 18.3 Å². The van der Waals surface area contributed by atoms with Crippen molar-refractivity contribution in [2.45, 2.75) is 0 Å². The van der Waals surface area contributed by atoms with Crippen molar-refractivity contribution in [1.82, 2.24) is 4.98 Å². The molecule has 2 heterocycles. The van der Waals surface area contributed by atoms with Crippen molar-refractivity contribution >= 4 is 0 Å². The molecule has 0 aliphatic carbocycles. The summed E-state index contributed by atoms with van der Waals surface area (Å²) in [6, 6.07) is 5.33. The van der Waals surface area contributed by atoms with Gasteiger partial charge in [0.1, 0.15) is 5.69 Å². The molecule has 2 rings (SSSR count). The van der Waals surface area contributed by atoms with Crippen molar-refractivity contribution in [1.29, 1.82) is 0 Å². The van der Waals surface area contributed by atoms with Crippen molar-refractivity contribution < 1.29 is 4.73 Å². The maximum Gasteiger partial charge on any atom is 0.240 e. The van der Waals surface area contributed by atoms with Gasteiger partial charge in [-0.3, -0.25) is 0 Å². The van der Waals surface area contributed by atoms with E-state index in [1.807, 2.05) is 0 Å². The van der Waals surface area contributed by atoms with Crippen LogP contribution < -0.4 is 4.73 Å². The standard InChI is InChI=1S/C7H6N2O/c10-9-5-3-6-7(9)2-1-4-8-6/h1-5,8H. The van der Waals surface area contributed by atoms with Crippen LogP contribution in [0.2, 0.25) is 0 Å². The molecule has 0 amide bonds. The molecule has 0 radical (unpaired) electrons. The van der Waals surface area contributed by atoms with Gasteiger partial charge in [0.15, 0.2) is 6.20 Å². The van der Waals surface area contributed by atoms with Gasteiger partial charge in [-0.05, 0) is 6.07 Å². The van der Waals surface area contributed by atoms with E-state index in [1.54, 1.807) is 24.4 Å². The van der Waals surface area contributed by atoms with Crippen molar-refractivity contribution in [3.63, 3.8) is 0 Å². The van der Waals surface area contributed by atoms with Crippen LogP contribution in [-0.4, -0.2) is 4.98 Å². The highest BCUT2D eigenvalue weighted by molar-refractivity contribution is 5.50. The van der Waals surface area contributed by atoms with E-state index in [0.717, 1.165) is 10.4 Å². The molecule has 0 unspecified atom stereocenters. The van der Waals surface area contributed by atoms with Crippen molar-refractivity contribution in [2.24, 2.45) is 0 Å². The number of pyridine rings is 1. The molecule has 0 saturated carbocycles. The number of aromatic amines is 1. The number of hydrogen-bond acceptors (Lipinski definition) is 1. The highest BCUT2D eigenvalue weighted by atomic mass is 16.5. The lowest BCUT2D eigenvalue weighted by atomic mass is 10.3. The van der Waals surface area contributed by atoms with E-state index in [-0.39, 0.29) is 0 Å². The lowest BCUT2D eigenvalue weighted by Crippen LogP contribution is -2.24. The van der Waals surface area contributed by atoms with Gasteiger partial charge >= 0.3 is 0 Å². The smallest absolute Gasteiger partial charge is 0.240 e. The normalized spacial score (nSPS) is 10.4.